The third-order valence-corrected chi connectivity index (χ3v) is 5.41. The number of anilines is 1. The second kappa shape index (κ2) is 9.10. The predicted molar refractivity (Wildman–Crippen MR) is 109 cm³/mol. The summed E-state index contributed by atoms with van der Waals surface area (Å²) in [6, 6.07) is 8.38. The van der Waals surface area contributed by atoms with Gasteiger partial charge in [0, 0.05) is 45.9 Å². The highest BCUT2D eigenvalue weighted by Gasteiger charge is 2.42. The van der Waals surface area contributed by atoms with Crippen molar-refractivity contribution in [2.45, 2.75) is 12.8 Å². The zero-order valence-electron chi connectivity index (χ0n) is 15.1. The van der Waals surface area contributed by atoms with Gasteiger partial charge in [-0.25, -0.2) is 0 Å². The largest absolute Gasteiger partial charge is 0.423 e. The molecule has 0 bridgehead atoms. The van der Waals surface area contributed by atoms with E-state index in [1.807, 2.05) is 29.2 Å². The molecule has 9 heteroatoms. The van der Waals surface area contributed by atoms with E-state index in [9.17, 15) is 4.79 Å². The van der Waals surface area contributed by atoms with Crippen LogP contribution in [0.5, 0.6) is 0 Å². The number of oxazole rings is 1. The molecule has 2 aliphatic rings. The van der Waals surface area contributed by atoms with E-state index in [1.165, 1.54) is 0 Å². The number of rotatable bonds is 3. The molecule has 7 nitrogen and oxygen atoms in total. The van der Waals surface area contributed by atoms with Crippen LogP contribution in [0.2, 0.25) is 0 Å². The Hall–Kier alpha value is -1.54. The first-order valence-corrected chi connectivity index (χ1v) is 8.90. The predicted octanol–water partition coefficient (Wildman–Crippen LogP) is 2.08. The monoisotopic (exact) mass is 416 g/mol. The molecule has 1 aromatic heterocycles. The van der Waals surface area contributed by atoms with Crippen molar-refractivity contribution in [2.24, 2.45) is 11.1 Å². The zero-order valence-corrected chi connectivity index (χ0v) is 16.8. The molecule has 2 aliphatic heterocycles. The van der Waals surface area contributed by atoms with Crippen LogP contribution in [0, 0.1) is 5.41 Å². The van der Waals surface area contributed by atoms with Crippen LogP contribution in [0.1, 0.15) is 12.8 Å². The molecule has 0 saturated carbocycles. The summed E-state index contributed by atoms with van der Waals surface area (Å²) in [7, 11) is 0. The average Bonchev–Trinajstić information content (AvgIpc) is 3.12. The van der Waals surface area contributed by atoms with Crippen LogP contribution < -0.4 is 10.6 Å². The maximum atomic E-state index is 13.0. The Bertz CT molecular complexity index is 723. The summed E-state index contributed by atoms with van der Waals surface area (Å²) in [5.41, 5.74) is 7.18. The van der Waals surface area contributed by atoms with Gasteiger partial charge in [-0.05, 0) is 25.0 Å². The average molecular weight is 417 g/mol. The molecule has 0 spiro atoms. The summed E-state index contributed by atoms with van der Waals surface area (Å²) >= 11 is 0. The van der Waals surface area contributed by atoms with Crippen LogP contribution >= 0.6 is 24.8 Å². The van der Waals surface area contributed by atoms with E-state index in [0.29, 0.717) is 51.7 Å². The molecule has 0 atom stereocenters. The number of carbonyl (C=O) groups is 1. The third kappa shape index (κ3) is 4.16. The Kier molecular flexibility index (Phi) is 7.33. The Balaban J connectivity index is 0.00000131. The minimum atomic E-state index is -0.446. The first-order chi connectivity index (χ1) is 12.2. The summed E-state index contributed by atoms with van der Waals surface area (Å²) in [5.74, 6) is 0.176. The molecule has 2 aromatic rings. The van der Waals surface area contributed by atoms with Crippen molar-refractivity contribution in [2.75, 3.05) is 50.8 Å². The number of fused-ring (bicyclic) bond motifs is 1. The van der Waals surface area contributed by atoms with Crippen molar-refractivity contribution >= 4 is 47.8 Å². The minimum absolute atomic E-state index is 0. The maximum absolute atomic E-state index is 13.0. The van der Waals surface area contributed by atoms with Crippen molar-refractivity contribution in [3.63, 3.8) is 0 Å². The lowest BCUT2D eigenvalue weighted by molar-refractivity contribution is -0.147. The Morgan fingerprint density at radius 3 is 2.41 bits per heavy atom. The number of hydrogen-bond acceptors (Lipinski definition) is 6. The minimum Gasteiger partial charge on any atom is -0.423 e. The van der Waals surface area contributed by atoms with E-state index in [4.69, 9.17) is 14.9 Å². The fourth-order valence-corrected chi connectivity index (χ4v) is 3.70. The summed E-state index contributed by atoms with van der Waals surface area (Å²) in [5, 5.41) is 0. The number of amides is 1. The summed E-state index contributed by atoms with van der Waals surface area (Å²) in [4.78, 5) is 21.6. The number of nitrogens with zero attached hydrogens (tertiary/aromatic N) is 3. The first-order valence-electron chi connectivity index (χ1n) is 8.90. The number of piperazine rings is 1. The van der Waals surface area contributed by atoms with E-state index >= 15 is 0 Å². The quantitative estimate of drug-likeness (QED) is 0.823. The summed E-state index contributed by atoms with van der Waals surface area (Å²) in [6.07, 6.45) is 1.43. The van der Waals surface area contributed by atoms with Crippen LogP contribution in [0.3, 0.4) is 0 Å². The van der Waals surface area contributed by atoms with E-state index in [0.717, 1.165) is 24.2 Å². The van der Waals surface area contributed by atoms with Gasteiger partial charge in [-0.15, -0.1) is 24.8 Å². The van der Waals surface area contributed by atoms with Gasteiger partial charge < -0.3 is 24.7 Å². The molecule has 0 radical (unpaired) electrons. The molecule has 2 fully saturated rings. The highest BCUT2D eigenvalue weighted by atomic mass is 35.5. The Morgan fingerprint density at radius 2 is 1.78 bits per heavy atom. The standard InChI is InChI=1S/C18H24N4O3.2ClH/c19-13-18(5-11-24-12-6-18)16(23)21-7-9-22(10-8-21)17-20-14-3-1-2-4-15(14)25-17;;/h1-4H,5-13,19H2;2*1H. The number of carbonyl (C=O) groups excluding carboxylic acids is 1. The second-order valence-corrected chi connectivity index (χ2v) is 6.84. The number of nitrogens with two attached hydrogens (primary N) is 1. The first kappa shape index (κ1) is 21.8. The Morgan fingerprint density at radius 1 is 1.11 bits per heavy atom. The van der Waals surface area contributed by atoms with Crippen LogP contribution in [-0.2, 0) is 9.53 Å². The lowest BCUT2D eigenvalue weighted by Crippen LogP contribution is -2.56. The normalized spacial score (nSPS) is 19.3. The van der Waals surface area contributed by atoms with Gasteiger partial charge in [-0.3, -0.25) is 4.79 Å². The van der Waals surface area contributed by atoms with E-state index in [-0.39, 0.29) is 30.7 Å². The highest BCUT2D eigenvalue weighted by Crippen LogP contribution is 2.32. The number of benzene rings is 1. The molecular weight excluding hydrogens is 391 g/mol. The molecule has 0 aliphatic carbocycles. The fourth-order valence-electron chi connectivity index (χ4n) is 3.70. The van der Waals surface area contributed by atoms with Gasteiger partial charge >= 0.3 is 0 Å². The van der Waals surface area contributed by atoms with Crippen LogP contribution in [-0.4, -0.2) is 61.7 Å². The second-order valence-electron chi connectivity index (χ2n) is 6.84. The number of ether oxygens (including phenoxy) is 1. The molecule has 1 amide bonds. The lowest BCUT2D eigenvalue weighted by atomic mass is 9.78. The van der Waals surface area contributed by atoms with E-state index in [2.05, 4.69) is 9.88 Å². The number of halogens is 2. The zero-order chi connectivity index (χ0) is 17.3. The molecule has 2 saturated heterocycles. The van der Waals surface area contributed by atoms with Crippen LogP contribution in [0.15, 0.2) is 28.7 Å². The molecule has 0 unspecified atom stereocenters. The van der Waals surface area contributed by atoms with Crippen LogP contribution in [0.25, 0.3) is 11.1 Å². The van der Waals surface area contributed by atoms with E-state index < -0.39 is 5.41 Å². The van der Waals surface area contributed by atoms with Gasteiger partial charge in [-0.1, -0.05) is 12.1 Å². The molecule has 4 rings (SSSR count). The van der Waals surface area contributed by atoms with Crippen molar-refractivity contribution in [3.05, 3.63) is 24.3 Å². The van der Waals surface area contributed by atoms with Gasteiger partial charge in [0.1, 0.15) is 5.52 Å². The summed E-state index contributed by atoms with van der Waals surface area (Å²) in [6.45, 7) is 4.39. The lowest BCUT2D eigenvalue weighted by Gasteiger charge is -2.42. The molecule has 150 valence electrons. The van der Waals surface area contributed by atoms with Crippen molar-refractivity contribution in [1.29, 1.82) is 0 Å². The smallest absolute Gasteiger partial charge is 0.298 e. The maximum Gasteiger partial charge on any atom is 0.298 e. The van der Waals surface area contributed by atoms with Crippen LogP contribution in [0.4, 0.5) is 6.01 Å². The van der Waals surface area contributed by atoms with Crippen molar-refractivity contribution in [1.82, 2.24) is 9.88 Å². The molecule has 2 N–H and O–H groups in total. The molecular formula is C18H26Cl2N4O3. The number of aromatic nitrogens is 1. The van der Waals surface area contributed by atoms with Crippen molar-refractivity contribution in [3.8, 4) is 0 Å². The van der Waals surface area contributed by atoms with Gasteiger partial charge in [0.2, 0.25) is 5.91 Å². The molecule has 1 aromatic carbocycles. The van der Waals surface area contributed by atoms with Gasteiger partial charge in [0.25, 0.3) is 6.01 Å². The Labute approximate surface area is 171 Å². The number of hydrogen-bond donors (Lipinski definition) is 1. The number of para-hydroxylation sites is 2. The van der Waals surface area contributed by atoms with Gasteiger partial charge in [0.05, 0.1) is 5.41 Å². The highest BCUT2D eigenvalue weighted by molar-refractivity contribution is 5.85. The fraction of sp³-hybridized carbons (Fsp3) is 0.556. The van der Waals surface area contributed by atoms with Gasteiger partial charge in [-0.2, -0.15) is 4.98 Å². The molecule has 27 heavy (non-hydrogen) atoms. The third-order valence-electron chi connectivity index (χ3n) is 5.41. The van der Waals surface area contributed by atoms with Gasteiger partial charge in [0.15, 0.2) is 5.58 Å². The van der Waals surface area contributed by atoms with Crippen molar-refractivity contribution < 1.29 is 13.9 Å². The molecule has 3 heterocycles. The topological polar surface area (TPSA) is 84.8 Å². The summed E-state index contributed by atoms with van der Waals surface area (Å²) < 4.78 is 11.2. The SMILES string of the molecule is Cl.Cl.NCC1(C(=O)N2CCN(c3nc4ccccc4o3)CC2)CCOCC1. The van der Waals surface area contributed by atoms with E-state index in [1.54, 1.807) is 0 Å².